The van der Waals surface area contributed by atoms with Gasteiger partial charge in [-0.25, -0.2) is 9.97 Å². The van der Waals surface area contributed by atoms with Gasteiger partial charge in [0.25, 0.3) is 0 Å². The van der Waals surface area contributed by atoms with Crippen molar-refractivity contribution in [3.8, 4) is 0 Å². The number of hydrogen-bond acceptors (Lipinski definition) is 5. The van der Waals surface area contributed by atoms with Gasteiger partial charge in [0, 0.05) is 16.8 Å². The zero-order valence-corrected chi connectivity index (χ0v) is 13.4. The first-order valence-electron chi connectivity index (χ1n) is 7.52. The largest absolute Gasteiger partial charge is 0.355 e. The minimum atomic E-state index is -0.0115. The van der Waals surface area contributed by atoms with Crippen molar-refractivity contribution in [1.82, 2.24) is 15.3 Å². The van der Waals surface area contributed by atoms with E-state index in [1.54, 1.807) is 29.4 Å². The van der Waals surface area contributed by atoms with E-state index in [4.69, 9.17) is 0 Å². The summed E-state index contributed by atoms with van der Waals surface area (Å²) in [5, 5.41) is 5.22. The lowest BCUT2D eigenvalue weighted by Gasteiger charge is -2.12. The number of rotatable bonds is 2. The average molecular weight is 319 g/mol. The Balaban J connectivity index is 1.71. The number of carbonyl (C=O) groups excluding carboxylic acids is 1. The highest BCUT2D eigenvalue weighted by atomic mass is 32.2. The quantitative estimate of drug-likeness (QED) is 0.865. The number of aromatic nitrogens is 2. The molecule has 3 heterocycles. The molecular formula is C15H17N3OS2. The second-order valence-electron chi connectivity index (χ2n) is 5.61. The molecule has 4 nitrogen and oxygen atoms in total. The van der Waals surface area contributed by atoms with Crippen LogP contribution < -0.4 is 5.32 Å². The monoisotopic (exact) mass is 319 g/mol. The predicted molar refractivity (Wildman–Crippen MR) is 85.9 cm³/mol. The Morgan fingerprint density at radius 2 is 2.19 bits per heavy atom. The SMILES string of the molecule is O=C1NCCCC[C@@H]1Sc1ncnc2sc3c(c12)CCC3. The molecule has 1 aliphatic carbocycles. The van der Waals surface area contributed by atoms with Gasteiger partial charge in [0.15, 0.2) is 0 Å². The van der Waals surface area contributed by atoms with Crippen LogP contribution in [0.25, 0.3) is 10.2 Å². The third-order valence-electron chi connectivity index (χ3n) is 4.21. The van der Waals surface area contributed by atoms with Crippen molar-refractivity contribution in [2.75, 3.05) is 6.54 Å². The van der Waals surface area contributed by atoms with E-state index in [0.29, 0.717) is 0 Å². The standard InChI is InChI=1S/C15H17N3OS2/c19-13-11(5-1-2-7-16-13)21-15-12-9-4-3-6-10(9)20-14(12)17-8-18-15/h8,11H,1-7H2,(H,16,19)/t11-/m0/s1. The highest BCUT2D eigenvalue weighted by molar-refractivity contribution is 8.00. The second-order valence-corrected chi connectivity index (χ2v) is 7.88. The molecule has 0 saturated carbocycles. The number of thiophene rings is 1. The van der Waals surface area contributed by atoms with Gasteiger partial charge in [-0.2, -0.15) is 0 Å². The minimum absolute atomic E-state index is 0.0115. The molecule has 110 valence electrons. The first kappa shape index (κ1) is 13.5. The van der Waals surface area contributed by atoms with Crippen LogP contribution in [0.4, 0.5) is 0 Å². The summed E-state index contributed by atoms with van der Waals surface area (Å²) in [4.78, 5) is 23.6. The van der Waals surface area contributed by atoms with Crippen LogP contribution in [-0.4, -0.2) is 27.7 Å². The number of amides is 1. The van der Waals surface area contributed by atoms with Gasteiger partial charge in [0.05, 0.1) is 5.25 Å². The molecule has 1 N–H and O–H groups in total. The third kappa shape index (κ3) is 2.44. The minimum Gasteiger partial charge on any atom is -0.355 e. The number of hydrogen-bond donors (Lipinski definition) is 1. The molecule has 0 unspecified atom stereocenters. The van der Waals surface area contributed by atoms with Crippen LogP contribution >= 0.6 is 23.1 Å². The maximum Gasteiger partial charge on any atom is 0.233 e. The van der Waals surface area contributed by atoms with Crippen LogP contribution in [0.15, 0.2) is 11.4 Å². The predicted octanol–water partition coefficient (Wildman–Crippen LogP) is 2.94. The Hall–Kier alpha value is -1.14. The Kier molecular flexibility index (Phi) is 3.59. The molecule has 2 aliphatic rings. The fourth-order valence-electron chi connectivity index (χ4n) is 3.15. The van der Waals surface area contributed by atoms with Gasteiger partial charge in [0.1, 0.15) is 16.2 Å². The number of fused-ring (bicyclic) bond motifs is 3. The Bertz CT molecular complexity index is 698. The van der Waals surface area contributed by atoms with E-state index in [1.807, 2.05) is 0 Å². The van der Waals surface area contributed by atoms with Crippen LogP contribution in [0.3, 0.4) is 0 Å². The van der Waals surface area contributed by atoms with Crippen molar-refractivity contribution in [1.29, 1.82) is 0 Å². The average Bonchev–Trinajstić information content (AvgIpc) is 3.00. The third-order valence-corrected chi connectivity index (χ3v) is 6.67. The van der Waals surface area contributed by atoms with Crippen molar-refractivity contribution in [3.05, 3.63) is 16.8 Å². The lowest BCUT2D eigenvalue weighted by molar-refractivity contribution is -0.120. The fourth-order valence-corrected chi connectivity index (χ4v) is 5.63. The summed E-state index contributed by atoms with van der Waals surface area (Å²) >= 11 is 3.43. The van der Waals surface area contributed by atoms with Crippen molar-refractivity contribution < 1.29 is 4.79 Å². The van der Waals surface area contributed by atoms with Crippen molar-refractivity contribution >= 4 is 39.2 Å². The number of carbonyl (C=O) groups is 1. The van der Waals surface area contributed by atoms with Crippen molar-refractivity contribution in [2.45, 2.75) is 48.8 Å². The topological polar surface area (TPSA) is 54.9 Å². The first-order valence-corrected chi connectivity index (χ1v) is 9.22. The van der Waals surface area contributed by atoms with E-state index in [1.165, 1.54) is 28.7 Å². The maximum absolute atomic E-state index is 12.2. The first-order chi connectivity index (χ1) is 10.3. The molecule has 1 aliphatic heterocycles. The maximum atomic E-state index is 12.2. The molecule has 0 spiro atoms. The van der Waals surface area contributed by atoms with E-state index < -0.39 is 0 Å². The fraction of sp³-hybridized carbons (Fsp3) is 0.533. The van der Waals surface area contributed by atoms with Crippen LogP contribution in [0.1, 0.15) is 36.1 Å². The van der Waals surface area contributed by atoms with E-state index in [2.05, 4.69) is 15.3 Å². The van der Waals surface area contributed by atoms with Gasteiger partial charge in [-0.15, -0.1) is 11.3 Å². The van der Waals surface area contributed by atoms with Crippen LogP contribution in [0.5, 0.6) is 0 Å². The molecule has 1 atom stereocenters. The number of thioether (sulfide) groups is 1. The Morgan fingerprint density at radius 3 is 3.14 bits per heavy atom. The number of nitrogens with one attached hydrogen (secondary N) is 1. The molecule has 0 aromatic carbocycles. The summed E-state index contributed by atoms with van der Waals surface area (Å²) in [6.45, 7) is 0.808. The molecule has 1 saturated heterocycles. The lowest BCUT2D eigenvalue weighted by atomic mass is 10.2. The molecule has 0 bridgehead atoms. The van der Waals surface area contributed by atoms with E-state index in [0.717, 1.165) is 42.1 Å². The summed E-state index contributed by atoms with van der Waals surface area (Å²) in [6.07, 6.45) is 8.30. The van der Waals surface area contributed by atoms with Gasteiger partial charge in [-0.05, 0) is 37.7 Å². The Morgan fingerprint density at radius 1 is 1.24 bits per heavy atom. The van der Waals surface area contributed by atoms with Gasteiger partial charge in [-0.3, -0.25) is 4.79 Å². The van der Waals surface area contributed by atoms with Gasteiger partial charge >= 0.3 is 0 Å². The molecule has 2 aromatic heterocycles. The summed E-state index contributed by atoms with van der Waals surface area (Å²) in [5.41, 5.74) is 1.44. The summed E-state index contributed by atoms with van der Waals surface area (Å²) in [7, 11) is 0. The lowest BCUT2D eigenvalue weighted by Crippen LogP contribution is -2.30. The summed E-state index contributed by atoms with van der Waals surface area (Å²) in [5.74, 6) is 0.163. The van der Waals surface area contributed by atoms with E-state index in [9.17, 15) is 4.79 Å². The molecule has 6 heteroatoms. The van der Waals surface area contributed by atoms with Crippen molar-refractivity contribution in [3.63, 3.8) is 0 Å². The molecular weight excluding hydrogens is 302 g/mol. The summed E-state index contributed by atoms with van der Waals surface area (Å²) < 4.78 is 0. The van der Waals surface area contributed by atoms with Gasteiger partial charge in [-0.1, -0.05) is 18.2 Å². The van der Waals surface area contributed by atoms with Crippen LogP contribution in [0.2, 0.25) is 0 Å². The molecule has 1 amide bonds. The van der Waals surface area contributed by atoms with Crippen LogP contribution in [0, 0.1) is 0 Å². The second kappa shape index (κ2) is 5.57. The van der Waals surface area contributed by atoms with Crippen molar-refractivity contribution in [2.24, 2.45) is 0 Å². The smallest absolute Gasteiger partial charge is 0.233 e. The van der Waals surface area contributed by atoms with E-state index in [-0.39, 0.29) is 11.2 Å². The zero-order chi connectivity index (χ0) is 14.2. The Labute approximate surface area is 131 Å². The molecule has 4 rings (SSSR count). The van der Waals surface area contributed by atoms with Gasteiger partial charge in [0.2, 0.25) is 5.91 Å². The van der Waals surface area contributed by atoms with Gasteiger partial charge < -0.3 is 5.32 Å². The number of aryl methyl sites for hydroxylation is 2. The van der Waals surface area contributed by atoms with E-state index >= 15 is 0 Å². The summed E-state index contributed by atoms with van der Waals surface area (Å²) in [6, 6.07) is 0. The highest BCUT2D eigenvalue weighted by Gasteiger charge is 2.26. The highest BCUT2D eigenvalue weighted by Crippen LogP contribution is 2.41. The number of nitrogens with zero attached hydrogens (tertiary/aromatic N) is 2. The normalized spacial score (nSPS) is 22.1. The van der Waals surface area contributed by atoms with Crippen LogP contribution in [-0.2, 0) is 17.6 Å². The molecule has 0 radical (unpaired) electrons. The molecule has 21 heavy (non-hydrogen) atoms. The molecule has 1 fully saturated rings. The zero-order valence-electron chi connectivity index (χ0n) is 11.7. The molecule has 2 aromatic rings.